The van der Waals surface area contributed by atoms with E-state index in [1.165, 1.54) is 19.3 Å². The van der Waals surface area contributed by atoms with Crippen LogP contribution in [0.1, 0.15) is 38.5 Å². The molecule has 3 N–H and O–H groups in total. The first-order chi connectivity index (χ1) is 5.70. The Morgan fingerprint density at radius 1 is 1.50 bits per heavy atom. The average molecular weight is 171 g/mol. The van der Waals surface area contributed by atoms with Crippen molar-refractivity contribution < 1.29 is 9.90 Å². The molecule has 3 heteroatoms. The van der Waals surface area contributed by atoms with E-state index in [4.69, 9.17) is 10.8 Å². The number of unbranched alkanes of at least 4 members (excludes halogenated alkanes) is 1. The molecule has 0 saturated heterocycles. The lowest BCUT2D eigenvalue weighted by atomic mass is 10.1. The monoisotopic (exact) mass is 171 g/mol. The normalized spacial score (nSPS) is 19.1. The highest BCUT2D eigenvalue weighted by molar-refractivity contribution is 5.72. The van der Waals surface area contributed by atoms with Crippen LogP contribution >= 0.6 is 0 Å². The van der Waals surface area contributed by atoms with Crippen LogP contribution in [0.2, 0.25) is 0 Å². The maximum Gasteiger partial charge on any atom is 0.320 e. The van der Waals surface area contributed by atoms with Gasteiger partial charge in [-0.3, -0.25) is 4.79 Å². The number of hydrogen-bond donors (Lipinski definition) is 2. The highest BCUT2D eigenvalue weighted by atomic mass is 16.4. The van der Waals surface area contributed by atoms with Crippen molar-refractivity contribution in [3.63, 3.8) is 0 Å². The molecule has 1 rings (SSSR count). The molecule has 1 unspecified atom stereocenters. The maximum atomic E-state index is 10.3. The predicted octanol–water partition coefficient (Wildman–Crippen LogP) is 1.37. The number of hydrogen-bond acceptors (Lipinski definition) is 2. The molecule has 70 valence electrons. The minimum atomic E-state index is -0.874. The smallest absolute Gasteiger partial charge is 0.320 e. The van der Waals surface area contributed by atoms with Gasteiger partial charge in [0.05, 0.1) is 0 Å². The van der Waals surface area contributed by atoms with Crippen molar-refractivity contribution in [2.75, 3.05) is 0 Å². The van der Waals surface area contributed by atoms with Gasteiger partial charge in [0.15, 0.2) is 0 Å². The minimum absolute atomic E-state index is 0.627. The van der Waals surface area contributed by atoms with Gasteiger partial charge in [0.25, 0.3) is 0 Å². The van der Waals surface area contributed by atoms with Gasteiger partial charge in [-0.05, 0) is 12.3 Å². The Hall–Kier alpha value is -0.570. The summed E-state index contributed by atoms with van der Waals surface area (Å²) in [5.74, 6) is 0.0764. The van der Waals surface area contributed by atoms with Crippen molar-refractivity contribution in [1.29, 1.82) is 0 Å². The van der Waals surface area contributed by atoms with Gasteiger partial charge in [0.2, 0.25) is 0 Å². The van der Waals surface area contributed by atoms with Gasteiger partial charge < -0.3 is 10.8 Å². The number of nitrogens with two attached hydrogens (primary N) is 1. The molecule has 1 atom stereocenters. The number of aliphatic carboxylic acids is 1. The topological polar surface area (TPSA) is 63.3 Å². The molecule has 0 heterocycles. The molecule has 0 amide bonds. The van der Waals surface area contributed by atoms with Crippen LogP contribution < -0.4 is 5.73 Å². The van der Waals surface area contributed by atoms with Gasteiger partial charge in [0, 0.05) is 0 Å². The first kappa shape index (κ1) is 9.52. The average Bonchev–Trinajstić information content (AvgIpc) is 2.80. The Kier molecular flexibility index (Phi) is 3.53. The van der Waals surface area contributed by atoms with E-state index in [1.807, 2.05) is 0 Å². The molecule has 1 fully saturated rings. The SMILES string of the molecule is NC(CCCCC1CC1)C(=O)O. The zero-order chi connectivity index (χ0) is 8.97. The molecular weight excluding hydrogens is 154 g/mol. The number of carboxylic acids is 1. The number of rotatable bonds is 6. The van der Waals surface area contributed by atoms with Crippen molar-refractivity contribution >= 4 is 5.97 Å². The van der Waals surface area contributed by atoms with E-state index >= 15 is 0 Å². The van der Waals surface area contributed by atoms with Crippen LogP contribution in [0.15, 0.2) is 0 Å². The molecule has 0 aliphatic heterocycles. The Morgan fingerprint density at radius 2 is 2.17 bits per heavy atom. The summed E-state index contributed by atoms with van der Waals surface area (Å²) in [6.07, 6.45) is 6.76. The van der Waals surface area contributed by atoms with E-state index in [0.717, 1.165) is 18.8 Å². The van der Waals surface area contributed by atoms with E-state index in [1.54, 1.807) is 0 Å². The second kappa shape index (κ2) is 4.45. The molecule has 1 saturated carbocycles. The van der Waals surface area contributed by atoms with Crippen molar-refractivity contribution in [3.05, 3.63) is 0 Å². The summed E-state index contributed by atoms with van der Waals surface area (Å²) in [4.78, 5) is 10.3. The Morgan fingerprint density at radius 3 is 2.67 bits per heavy atom. The minimum Gasteiger partial charge on any atom is -0.480 e. The molecule has 1 aliphatic rings. The summed E-state index contributed by atoms with van der Waals surface area (Å²) >= 11 is 0. The Labute approximate surface area is 72.9 Å². The fourth-order valence-corrected chi connectivity index (χ4v) is 1.33. The molecule has 0 aromatic carbocycles. The zero-order valence-electron chi connectivity index (χ0n) is 7.33. The van der Waals surface area contributed by atoms with E-state index in [2.05, 4.69) is 0 Å². The van der Waals surface area contributed by atoms with Crippen molar-refractivity contribution in [1.82, 2.24) is 0 Å². The van der Waals surface area contributed by atoms with E-state index < -0.39 is 12.0 Å². The Bertz CT molecular complexity index is 155. The molecule has 0 aromatic heterocycles. The van der Waals surface area contributed by atoms with Crippen LogP contribution in [0.4, 0.5) is 0 Å². The zero-order valence-corrected chi connectivity index (χ0v) is 7.33. The lowest BCUT2D eigenvalue weighted by molar-refractivity contribution is -0.138. The molecule has 12 heavy (non-hydrogen) atoms. The van der Waals surface area contributed by atoms with Crippen LogP contribution in [-0.4, -0.2) is 17.1 Å². The third kappa shape index (κ3) is 3.72. The van der Waals surface area contributed by atoms with Gasteiger partial charge in [-0.15, -0.1) is 0 Å². The van der Waals surface area contributed by atoms with Gasteiger partial charge in [-0.25, -0.2) is 0 Å². The standard InChI is InChI=1S/C9H17NO2/c10-8(9(11)12)4-2-1-3-7-5-6-7/h7-8H,1-6,10H2,(H,11,12). The molecular formula is C9H17NO2. The maximum absolute atomic E-state index is 10.3. The molecule has 1 aliphatic carbocycles. The molecule has 0 spiro atoms. The lowest BCUT2D eigenvalue weighted by Gasteiger charge is -2.04. The van der Waals surface area contributed by atoms with Crippen molar-refractivity contribution in [2.45, 2.75) is 44.6 Å². The highest BCUT2D eigenvalue weighted by Gasteiger charge is 2.20. The van der Waals surface area contributed by atoms with Gasteiger partial charge in [-0.2, -0.15) is 0 Å². The summed E-state index contributed by atoms with van der Waals surface area (Å²) in [5, 5.41) is 8.48. The second-order valence-corrected chi connectivity index (χ2v) is 3.67. The number of carboxylic acid groups (broad SMARTS) is 1. The van der Waals surface area contributed by atoms with Gasteiger partial charge >= 0.3 is 5.97 Å². The lowest BCUT2D eigenvalue weighted by Crippen LogP contribution is -2.29. The van der Waals surface area contributed by atoms with Crippen LogP contribution in [-0.2, 0) is 4.79 Å². The van der Waals surface area contributed by atoms with Crippen molar-refractivity contribution in [3.8, 4) is 0 Å². The first-order valence-electron chi connectivity index (χ1n) is 4.68. The number of carbonyl (C=O) groups is 1. The molecule has 0 radical (unpaired) electrons. The van der Waals surface area contributed by atoms with E-state index in [9.17, 15) is 4.79 Å². The molecule has 0 aromatic rings. The quantitative estimate of drug-likeness (QED) is 0.593. The Balaban J connectivity index is 1.89. The largest absolute Gasteiger partial charge is 0.480 e. The van der Waals surface area contributed by atoms with Crippen LogP contribution in [0.25, 0.3) is 0 Å². The third-order valence-corrected chi connectivity index (χ3v) is 2.39. The predicted molar refractivity (Wildman–Crippen MR) is 46.8 cm³/mol. The van der Waals surface area contributed by atoms with Crippen LogP contribution in [0.5, 0.6) is 0 Å². The summed E-state index contributed by atoms with van der Waals surface area (Å²) in [6.45, 7) is 0. The fraction of sp³-hybridized carbons (Fsp3) is 0.889. The van der Waals surface area contributed by atoms with E-state index in [0.29, 0.717) is 6.42 Å². The second-order valence-electron chi connectivity index (χ2n) is 3.67. The summed E-state index contributed by atoms with van der Waals surface area (Å²) < 4.78 is 0. The van der Waals surface area contributed by atoms with Crippen LogP contribution in [0, 0.1) is 5.92 Å². The summed E-state index contributed by atoms with van der Waals surface area (Å²) in [6, 6.07) is -0.649. The summed E-state index contributed by atoms with van der Waals surface area (Å²) in [7, 11) is 0. The highest BCUT2D eigenvalue weighted by Crippen LogP contribution is 2.33. The summed E-state index contributed by atoms with van der Waals surface area (Å²) in [5.41, 5.74) is 5.35. The molecule has 3 nitrogen and oxygen atoms in total. The van der Waals surface area contributed by atoms with Crippen LogP contribution in [0.3, 0.4) is 0 Å². The third-order valence-electron chi connectivity index (χ3n) is 2.39. The van der Waals surface area contributed by atoms with Gasteiger partial charge in [0.1, 0.15) is 6.04 Å². The first-order valence-corrected chi connectivity index (χ1v) is 4.68. The fourth-order valence-electron chi connectivity index (χ4n) is 1.33. The molecule has 0 bridgehead atoms. The van der Waals surface area contributed by atoms with Gasteiger partial charge in [-0.1, -0.05) is 32.1 Å². The van der Waals surface area contributed by atoms with Crippen molar-refractivity contribution in [2.24, 2.45) is 11.7 Å². The van der Waals surface area contributed by atoms with E-state index in [-0.39, 0.29) is 0 Å².